The lowest BCUT2D eigenvalue weighted by molar-refractivity contribution is -0.113. The molecule has 0 fully saturated rings. The molecule has 4 rings (SSSR count). The van der Waals surface area contributed by atoms with Crippen molar-refractivity contribution in [3.05, 3.63) is 53.1 Å². The van der Waals surface area contributed by atoms with Crippen molar-refractivity contribution in [1.82, 2.24) is 14.6 Å². The van der Waals surface area contributed by atoms with Crippen LogP contribution in [-0.4, -0.2) is 39.5 Å². The number of carbonyl (C=O) groups is 1. The molecule has 33 heavy (non-hydrogen) atoms. The highest BCUT2D eigenvalue weighted by Gasteiger charge is 2.17. The summed E-state index contributed by atoms with van der Waals surface area (Å²) in [5.74, 6) is 1.32. The summed E-state index contributed by atoms with van der Waals surface area (Å²) in [7, 11) is 0. The molecule has 172 valence electrons. The van der Waals surface area contributed by atoms with Crippen LogP contribution >= 0.6 is 11.8 Å². The fourth-order valence-electron chi connectivity index (χ4n) is 3.81. The minimum atomic E-state index is -0.156. The molecule has 0 aliphatic carbocycles. The molecule has 2 aromatic carbocycles. The van der Waals surface area contributed by atoms with Crippen LogP contribution in [0.25, 0.3) is 16.6 Å². The molecule has 0 saturated heterocycles. The van der Waals surface area contributed by atoms with E-state index in [0.717, 1.165) is 22.1 Å². The van der Waals surface area contributed by atoms with Crippen LogP contribution in [-0.2, 0) is 4.79 Å². The van der Waals surface area contributed by atoms with Gasteiger partial charge in [0.1, 0.15) is 11.5 Å². The zero-order valence-electron chi connectivity index (χ0n) is 19.6. The predicted molar refractivity (Wildman–Crippen MR) is 133 cm³/mol. The zero-order valence-corrected chi connectivity index (χ0v) is 20.4. The summed E-state index contributed by atoms with van der Waals surface area (Å²) in [5, 5.41) is 13.6. The monoisotopic (exact) mass is 464 g/mol. The van der Waals surface area contributed by atoms with E-state index in [2.05, 4.69) is 52.0 Å². The van der Waals surface area contributed by atoms with Crippen molar-refractivity contribution in [2.45, 2.75) is 39.8 Å². The molecule has 0 unspecified atom stereocenters. The summed E-state index contributed by atoms with van der Waals surface area (Å²) in [5.41, 5.74) is 5.90. The van der Waals surface area contributed by atoms with Crippen molar-refractivity contribution in [3.63, 3.8) is 0 Å². The number of amides is 1. The highest BCUT2D eigenvalue weighted by molar-refractivity contribution is 7.99. The number of ether oxygens (including phenoxy) is 2. The summed E-state index contributed by atoms with van der Waals surface area (Å²) in [6, 6.07) is 11.8. The first-order valence-corrected chi connectivity index (χ1v) is 12.0. The first kappa shape index (κ1) is 22.9. The average molecular weight is 465 g/mol. The van der Waals surface area contributed by atoms with Crippen molar-refractivity contribution in [2.75, 3.05) is 24.3 Å². The normalized spacial score (nSPS) is 11.2. The summed E-state index contributed by atoms with van der Waals surface area (Å²) in [6.45, 7) is 11.1. The van der Waals surface area contributed by atoms with E-state index in [1.165, 1.54) is 22.9 Å². The molecule has 8 heteroatoms. The number of benzene rings is 2. The third-order valence-corrected chi connectivity index (χ3v) is 6.41. The Kier molecular flexibility index (Phi) is 6.74. The maximum absolute atomic E-state index is 12.8. The van der Waals surface area contributed by atoms with Gasteiger partial charge in [-0.3, -0.25) is 9.20 Å². The van der Waals surface area contributed by atoms with Crippen molar-refractivity contribution in [1.29, 1.82) is 0 Å². The van der Waals surface area contributed by atoms with Crippen LogP contribution in [0.15, 0.2) is 41.6 Å². The van der Waals surface area contributed by atoms with Crippen LogP contribution in [0, 0.1) is 20.8 Å². The van der Waals surface area contributed by atoms with Gasteiger partial charge in [0, 0.05) is 6.07 Å². The molecule has 0 saturated carbocycles. The summed E-state index contributed by atoms with van der Waals surface area (Å²) in [6.07, 6.45) is 0. The number of rotatable bonds is 8. The lowest BCUT2D eigenvalue weighted by Crippen LogP contribution is -2.15. The van der Waals surface area contributed by atoms with E-state index in [0.29, 0.717) is 35.6 Å². The molecule has 2 aromatic heterocycles. The Hall–Kier alpha value is -3.26. The van der Waals surface area contributed by atoms with Crippen LogP contribution in [0.4, 0.5) is 5.69 Å². The summed E-state index contributed by atoms with van der Waals surface area (Å²) < 4.78 is 13.3. The number of nitrogens with zero attached hydrogens (tertiary/aromatic N) is 3. The minimum Gasteiger partial charge on any atom is -0.494 e. The quantitative estimate of drug-likeness (QED) is 0.355. The van der Waals surface area contributed by atoms with Crippen molar-refractivity contribution >= 4 is 39.9 Å². The number of hydrogen-bond acceptors (Lipinski definition) is 6. The van der Waals surface area contributed by atoms with Gasteiger partial charge in [-0.05, 0) is 74.9 Å². The second-order valence-corrected chi connectivity index (χ2v) is 8.72. The van der Waals surface area contributed by atoms with E-state index < -0.39 is 0 Å². The van der Waals surface area contributed by atoms with Gasteiger partial charge >= 0.3 is 0 Å². The number of thioether (sulfide) groups is 1. The number of aryl methyl sites for hydroxylation is 3. The Balaban J connectivity index is 1.60. The van der Waals surface area contributed by atoms with Crippen molar-refractivity contribution in [3.8, 4) is 11.5 Å². The number of nitrogens with one attached hydrogen (secondary N) is 1. The molecule has 1 amide bonds. The number of hydrogen-bond donors (Lipinski definition) is 1. The Morgan fingerprint density at radius 1 is 1.00 bits per heavy atom. The number of fused-ring (bicyclic) bond motifs is 3. The second-order valence-electron chi connectivity index (χ2n) is 7.78. The zero-order chi connectivity index (χ0) is 23.5. The lowest BCUT2D eigenvalue weighted by Gasteiger charge is -2.14. The number of pyridine rings is 1. The second kappa shape index (κ2) is 9.70. The standard InChI is InChI=1S/C25H28N4O3S/c1-6-31-19-10-11-21(32-7-2)20(13-19)26-22(30)14-33-25-28-27-24-16(4)12-18-9-8-15(3)17(5)23(18)29(24)25/h8-13H,6-7,14H2,1-5H3,(H,26,30). The largest absolute Gasteiger partial charge is 0.494 e. The Morgan fingerprint density at radius 2 is 1.79 bits per heavy atom. The van der Waals surface area contributed by atoms with E-state index in [9.17, 15) is 4.79 Å². The van der Waals surface area contributed by atoms with Gasteiger partial charge < -0.3 is 14.8 Å². The molecule has 1 N–H and O–H groups in total. The van der Waals surface area contributed by atoms with Gasteiger partial charge in [0.2, 0.25) is 5.91 Å². The molecule has 0 aliphatic rings. The highest BCUT2D eigenvalue weighted by Crippen LogP contribution is 2.31. The maximum atomic E-state index is 12.8. The van der Waals surface area contributed by atoms with Crippen LogP contribution in [0.2, 0.25) is 0 Å². The number of carbonyl (C=O) groups excluding carboxylic acids is 1. The lowest BCUT2D eigenvalue weighted by atomic mass is 10.0. The van der Waals surface area contributed by atoms with E-state index in [1.54, 1.807) is 6.07 Å². The van der Waals surface area contributed by atoms with Gasteiger partial charge in [0.05, 0.1) is 30.2 Å². The number of anilines is 1. The van der Waals surface area contributed by atoms with E-state index in [4.69, 9.17) is 9.47 Å². The van der Waals surface area contributed by atoms with Crippen molar-refractivity contribution in [2.24, 2.45) is 0 Å². The van der Waals surface area contributed by atoms with E-state index in [1.807, 2.05) is 32.9 Å². The van der Waals surface area contributed by atoms with Crippen LogP contribution in [0.3, 0.4) is 0 Å². The molecule has 0 spiro atoms. The van der Waals surface area contributed by atoms with Gasteiger partial charge in [-0.15, -0.1) is 10.2 Å². The fourth-order valence-corrected chi connectivity index (χ4v) is 4.55. The van der Waals surface area contributed by atoms with E-state index in [-0.39, 0.29) is 11.7 Å². The predicted octanol–water partition coefficient (Wildman–Crippen LogP) is 5.34. The number of aromatic nitrogens is 3. The topological polar surface area (TPSA) is 77.8 Å². The Morgan fingerprint density at radius 3 is 2.55 bits per heavy atom. The first-order valence-electron chi connectivity index (χ1n) is 11.0. The summed E-state index contributed by atoms with van der Waals surface area (Å²) >= 11 is 1.36. The molecular weight excluding hydrogens is 436 g/mol. The molecule has 4 aromatic rings. The molecule has 0 radical (unpaired) electrons. The third-order valence-electron chi connectivity index (χ3n) is 5.48. The smallest absolute Gasteiger partial charge is 0.234 e. The highest BCUT2D eigenvalue weighted by atomic mass is 32.2. The molecule has 0 bridgehead atoms. The van der Waals surface area contributed by atoms with Gasteiger partial charge in [-0.1, -0.05) is 23.9 Å². The Labute approximate surface area is 197 Å². The third kappa shape index (κ3) is 4.61. The van der Waals surface area contributed by atoms with Gasteiger partial charge in [-0.2, -0.15) is 0 Å². The molecular formula is C25H28N4O3S. The molecule has 7 nitrogen and oxygen atoms in total. The SMILES string of the molecule is CCOc1ccc(OCC)c(NC(=O)CSc2nnc3c(C)cc4ccc(C)c(C)c4n23)c1. The van der Waals surface area contributed by atoms with E-state index >= 15 is 0 Å². The van der Waals surface area contributed by atoms with Gasteiger partial charge in [-0.25, -0.2) is 0 Å². The van der Waals surface area contributed by atoms with Crippen LogP contribution in [0.5, 0.6) is 11.5 Å². The minimum absolute atomic E-state index is 0.156. The van der Waals surface area contributed by atoms with Crippen molar-refractivity contribution < 1.29 is 14.3 Å². The van der Waals surface area contributed by atoms with Crippen LogP contribution in [0.1, 0.15) is 30.5 Å². The average Bonchev–Trinajstić information content (AvgIpc) is 3.22. The molecule has 2 heterocycles. The van der Waals surface area contributed by atoms with Crippen LogP contribution < -0.4 is 14.8 Å². The molecule has 0 atom stereocenters. The maximum Gasteiger partial charge on any atom is 0.234 e. The molecule has 0 aliphatic heterocycles. The fraction of sp³-hybridized carbons (Fsp3) is 0.320. The van der Waals surface area contributed by atoms with Gasteiger partial charge in [0.15, 0.2) is 10.8 Å². The first-order chi connectivity index (χ1) is 15.9. The van der Waals surface area contributed by atoms with Gasteiger partial charge in [0.25, 0.3) is 0 Å². The Bertz CT molecular complexity index is 1330. The summed E-state index contributed by atoms with van der Waals surface area (Å²) in [4.78, 5) is 12.8.